The highest BCUT2D eigenvalue weighted by molar-refractivity contribution is 7.10. The molecule has 1 fully saturated rings. The van der Waals surface area contributed by atoms with Crippen LogP contribution < -0.4 is 5.32 Å². The first-order valence-corrected chi connectivity index (χ1v) is 5.98. The Morgan fingerprint density at radius 2 is 2.46 bits per heavy atom. The lowest BCUT2D eigenvalue weighted by molar-refractivity contribution is 0.521. The second-order valence-electron chi connectivity index (χ2n) is 3.94. The van der Waals surface area contributed by atoms with Crippen LogP contribution in [0.5, 0.6) is 0 Å². The van der Waals surface area contributed by atoms with Crippen molar-refractivity contribution in [3.8, 4) is 0 Å². The Morgan fingerprint density at radius 1 is 1.62 bits per heavy atom. The number of thiophene rings is 1. The average molecular weight is 195 g/mol. The van der Waals surface area contributed by atoms with Gasteiger partial charge in [-0.2, -0.15) is 0 Å². The Bertz CT molecular complexity index is 255. The van der Waals surface area contributed by atoms with Gasteiger partial charge in [-0.05, 0) is 31.2 Å². The minimum Gasteiger partial charge on any atom is -0.311 e. The van der Waals surface area contributed by atoms with Gasteiger partial charge >= 0.3 is 0 Å². The summed E-state index contributed by atoms with van der Waals surface area (Å²) < 4.78 is 0. The molecule has 1 aromatic rings. The van der Waals surface area contributed by atoms with Gasteiger partial charge in [0.15, 0.2) is 0 Å². The third kappa shape index (κ3) is 1.79. The molecule has 1 nitrogen and oxygen atoms in total. The van der Waals surface area contributed by atoms with E-state index in [9.17, 15) is 0 Å². The Balaban J connectivity index is 2.14. The molecule has 0 aromatic carbocycles. The third-order valence-corrected chi connectivity index (χ3v) is 3.94. The molecule has 13 heavy (non-hydrogen) atoms. The van der Waals surface area contributed by atoms with Crippen molar-refractivity contribution in [3.05, 3.63) is 22.4 Å². The molecule has 2 heteroatoms. The second-order valence-corrected chi connectivity index (χ2v) is 4.92. The van der Waals surface area contributed by atoms with Gasteiger partial charge < -0.3 is 5.32 Å². The summed E-state index contributed by atoms with van der Waals surface area (Å²) in [6.07, 6.45) is 2.55. The van der Waals surface area contributed by atoms with E-state index in [1.54, 1.807) is 4.88 Å². The largest absolute Gasteiger partial charge is 0.311 e. The van der Waals surface area contributed by atoms with Gasteiger partial charge in [0.2, 0.25) is 0 Å². The maximum Gasteiger partial charge on any atom is 0.0144 e. The minimum absolute atomic E-state index is 0.692. The lowest BCUT2D eigenvalue weighted by atomic mass is 9.96. The summed E-state index contributed by atoms with van der Waals surface area (Å²) in [7, 11) is 0. The smallest absolute Gasteiger partial charge is 0.0144 e. The van der Waals surface area contributed by atoms with Gasteiger partial charge in [-0.15, -0.1) is 11.3 Å². The van der Waals surface area contributed by atoms with Crippen molar-refractivity contribution in [1.82, 2.24) is 5.32 Å². The van der Waals surface area contributed by atoms with Crippen LogP contribution in [-0.2, 0) is 0 Å². The van der Waals surface area contributed by atoms with E-state index in [0.29, 0.717) is 12.1 Å². The first-order valence-electron chi connectivity index (χ1n) is 5.10. The van der Waals surface area contributed by atoms with Gasteiger partial charge in [-0.3, -0.25) is 0 Å². The number of nitrogens with one attached hydrogen (secondary N) is 1. The molecule has 0 radical (unpaired) electrons. The van der Waals surface area contributed by atoms with E-state index in [2.05, 4.69) is 36.7 Å². The molecular weight excluding hydrogens is 178 g/mol. The fourth-order valence-corrected chi connectivity index (χ4v) is 3.22. The van der Waals surface area contributed by atoms with Crippen molar-refractivity contribution in [2.24, 2.45) is 0 Å². The lowest BCUT2D eigenvalue weighted by Gasteiger charge is -2.15. The van der Waals surface area contributed by atoms with Gasteiger partial charge in [0.25, 0.3) is 0 Å². The average Bonchev–Trinajstić information content (AvgIpc) is 2.71. The summed E-state index contributed by atoms with van der Waals surface area (Å²) in [6, 6.07) is 5.83. The zero-order valence-corrected chi connectivity index (χ0v) is 9.10. The second kappa shape index (κ2) is 3.81. The fraction of sp³-hybridized carbons (Fsp3) is 0.636. The monoisotopic (exact) mass is 195 g/mol. The van der Waals surface area contributed by atoms with E-state index < -0.39 is 0 Å². The van der Waals surface area contributed by atoms with Gasteiger partial charge in [0, 0.05) is 22.9 Å². The van der Waals surface area contributed by atoms with Crippen LogP contribution in [0, 0.1) is 0 Å². The summed E-state index contributed by atoms with van der Waals surface area (Å²) >= 11 is 1.90. The minimum atomic E-state index is 0.692. The van der Waals surface area contributed by atoms with Crippen molar-refractivity contribution >= 4 is 11.3 Å². The van der Waals surface area contributed by atoms with Crippen molar-refractivity contribution in [3.63, 3.8) is 0 Å². The molecule has 72 valence electrons. The van der Waals surface area contributed by atoms with E-state index in [-0.39, 0.29) is 0 Å². The Labute approximate surface area is 84.2 Å². The molecule has 1 saturated heterocycles. The van der Waals surface area contributed by atoms with E-state index in [1.807, 2.05) is 11.3 Å². The molecule has 0 spiro atoms. The zero-order valence-electron chi connectivity index (χ0n) is 8.29. The lowest BCUT2D eigenvalue weighted by Crippen LogP contribution is -2.28. The van der Waals surface area contributed by atoms with Crippen LogP contribution in [0.4, 0.5) is 0 Å². The third-order valence-electron chi connectivity index (χ3n) is 2.94. The predicted octanol–water partition coefficient (Wildman–Crippen LogP) is 2.99. The summed E-state index contributed by atoms with van der Waals surface area (Å²) in [4.78, 5) is 1.56. The van der Waals surface area contributed by atoms with Gasteiger partial charge in [-0.1, -0.05) is 13.0 Å². The molecule has 1 aromatic heterocycles. The van der Waals surface area contributed by atoms with Crippen molar-refractivity contribution in [2.75, 3.05) is 0 Å². The number of hydrogen-bond acceptors (Lipinski definition) is 2. The molecule has 0 bridgehead atoms. The number of rotatable bonds is 2. The van der Waals surface area contributed by atoms with Crippen LogP contribution in [-0.4, -0.2) is 12.1 Å². The van der Waals surface area contributed by atoms with Crippen LogP contribution in [0.15, 0.2) is 17.5 Å². The number of hydrogen-bond donors (Lipinski definition) is 1. The van der Waals surface area contributed by atoms with Gasteiger partial charge in [0.05, 0.1) is 0 Å². The normalized spacial score (nSPS) is 33.8. The maximum absolute atomic E-state index is 3.65. The van der Waals surface area contributed by atoms with Crippen molar-refractivity contribution in [1.29, 1.82) is 0 Å². The van der Waals surface area contributed by atoms with E-state index in [0.717, 1.165) is 5.92 Å². The highest BCUT2D eigenvalue weighted by Crippen LogP contribution is 2.34. The molecule has 0 aliphatic carbocycles. The summed E-state index contributed by atoms with van der Waals surface area (Å²) in [6.45, 7) is 4.56. The molecule has 2 rings (SSSR count). The molecule has 0 amide bonds. The highest BCUT2D eigenvalue weighted by Gasteiger charge is 2.31. The Morgan fingerprint density at radius 3 is 3.08 bits per heavy atom. The van der Waals surface area contributed by atoms with Crippen LogP contribution in [0.2, 0.25) is 0 Å². The molecule has 1 aliphatic heterocycles. The van der Waals surface area contributed by atoms with Gasteiger partial charge in [-0.25, -0.2) is 0 Å². The van der Waals surface area contributed by atoms with Crippen LogP contribution in [0.1, 0.15) is 37.5 Å². The van der Waals surface area contributed by atoms with Crippen molar-refractivity contribution in [2.45, 2.75) is 44.7 Å². The van der Waals surface area contributed by atoms with Crippen LogP contribution >= 0.6 is 11.3 Å². The van der Waals surface area contributed by atoms with Crippen LogP contribution in [0.3, 0.4) is 0 Å². The van der Waals surface area contributed by atoms with Gasteiger partial charge in [0.1, 0.15) is 0 Å². The highest BCUT2D eigenvalue weighted by atomic mass is 32.1. The van der Waals surface area contributed by atoms with E-state index in [1.165, 1.54) is 12.8 Å². The molecule has 3 unspecified atom stereocenters. The summed E-state index contributed by atoms with van der Waals surface area (Å²) in [5.41, 5.74) is 0. The summed E-state index contributed by atoms with van der Waals surface area (Å²) in [5, 5.41) is 5.83. The van der Waals surface area contributed by atoms with Crippen molar-refractivity contribution < 1.29 is 0 Å². The topological polar surface area (TPSA) is 12.0 Å². The summed E-state index contributed by atoms with van der Waals surface area (Å²) in [5.74, 6) is 0.764. The quantitative estimate of drug-likeness (QED) is 0.765. The van der Waals surface area contributed by atoms with Crippen LogP contribution in [0.25, 0.3) is 0 Å². The Hall–Kier alpha value is -0.340. The molecule has 2 heterocycles. The first kappa shape index (κ1) is 9.22. The fourth-order valence-electron chi connectivity index (χ4n) is 2.31. The molecule has 1 aliphatic rings. The molecule has 3 atom stereocenters. The standard InChI is InChI=1S/C11H17NS/c1-3-10-9(7-8(2)12-10)11-5-4-6-13-11/h4-6,8-10,12H,3,7H2,1-2H3. The zero-order chi connectivity index (χ0) is 9.26. The molecule has 0 saturated carbocycles. The SMILES string of the molecule is CCC1NC(C)CC1c1cccs1. The van der Waals surface area contributed by atoms with E-state index >= 15 is 0 Å². The first-order chi connectivity index (χ1) is 6.31. The molecule has 1 N–H and O–H groups in total. The Kier molecular flexibility index (Phi) is 2.70. The molecular formula is C11H17NS. The predicted molar refractivity (Wildman–Crippen MR) is 58.4 cm³/mol. The van der Waals surface area contributed by atoms with E-state index in [4.69, 9.17) is 0 Å². The maximum atomic E-state index is 3.65.